The van der Waals surface area contributed by atoms with E-state index in [4.69, 9.17) is 0 Å². The molecular formula is C5H5N2NaO2S. The van der Waals surface area contributed by atoms with Gasteiger partial charge in [0.2, 0.25) is 10.3 Å². The molecule has 1 heterocycles. The molecule has 0 atom stereocenters. The molecule has 0 fully saturated rings. The van der Waals surface area contributed by atoms with Crippen molar-refractivity contribution in [2.75, 3.05) is 0 Å². The van der Waals surface area contributed by atoms with E-state index in [0.717, 1.165) is 5.37 Å². The third-order valence-electron chi connectivity index (χ3n) is 0.800. The molecule has 0 amide bonds. The van der Waals surface area contributed by atoms with Crippen LogP contribution < -0.4 is 29.6 Å². The van der Waals surface area contributed by atoms with Gasteiger partial charge in [0.05, 0.1) is 17.3 Å². The van der Waals surface area contributed by atoms with E-state index in [2.05, 4.69) is 9.97 Å². The van der Waals surface area contributed by atoms with E-state index in [-0.39, 0.29) is 31.0 Å². The molecular weight excluding hydrogens is 175 g/mol. The van der Waals surface area contributed by atoms with Crippen LogP contribution in [0.4, 0.5) is 0 Å². The smallest absolute Gasteiger partial charge is 1.00 e. The van der Waals surface area contributed by atoms with Crippen molar-refractivity contribution in [3.05, 3.63) is 24.3 Å². The first-order chi connectivity index (χ1) is 4.79. The molecule has 1 aromatic heterocycles. The summed E-state index contributed by atoms with van der Waals surface area (Å²) in [6.45, 7) is 0. The molecule has 0 unspecified atom stereocenters. The summed E-state index contributed by atoms with van der Waals surface area (Å²) >= 11 is 0. The fourth-order valence-electron chi connectivity index (χ4n) is 0.470. The van der Waals surface area contributed by atoms with Gasteiger partial charge >= 0.3 is 29.6 Å². The van der Waals surface area contributed by atoms with Crippen LogP contribution >= 0.6 is 0 Å². The second kappa shape index (κ2) is 5.42. The zero-order valence-electron chi connectivity index (χ0n) is 6.93. The maximum Gasteiger partial charge on any atom is 1.00 e. The minimum absolute atomic E-state index is 0. The van der Waals surface area contributed by atoms with Gasteiger partial charge < -0.3 is 1.43 Å². The third-order valence-corrected chi connectivity index (χ3v) is 1.23. The summed E-state index contributed by atoms with van der Waals surface area (Å²) in [6, 6.07) is 0. The molecule has 0 aliphatic rings. The molecule has 0 aliphatic carbocycles. The van der Waals surface area contributed by atoms with Gasteiger partial charge in [0.15, 0.2) is 0 Å². The fourth-order valence-corrected chi connectivity index (χ4v) is 0.789. The Balaban J connectivity index is 0. The van der Waals surface area contributed by atoms with Crippen molar-refractivity contribution in [1.82, 2.24) is 9.97 Å². The molecule has 0 spiro atoms. The van der Waals surface area contributed by atoms with Gasteiger partial charge in [0, 0.05) is 12.4 Å². The summed E-state index contributed by atoms with van der Waals surface area (Å²) < 4.78 is 20.1. The Bertz CT molecular complexity index is 332. The van der Waals surface area contributed by atoms with E-state index in [1.54, 1.807) is 0 Å². The quantitative estimate of drug-likeness (QED) is 0.334. The van der Waals surface area contributed by atoms with Crippen LogP contribution in [0.3, 0.4) is 0 Å². The Kier molecular flexibility index (Phi) is 5.31. The zero-order chi connectivity index (χ0) is 7.40. The van der Waals surface area contributed by atoms with Crippen molar-refractivity contribution < 1.29 is 39.4 Å². The molecule has 0 saturated heterocycles. The van der Waals surface area contributed by atoms with Crippen molar-refractivity contribution >= 4 is 15.7 Å². The molecule has 54 valence electrons. The average molecular weight is 180 g/mol. The van der Waals surface area contributed by atoms with E-state index in [1.165, 1.54) is 18.6 Å². The predicted octanol–water partition coefficient (Wildman–Crippen LogP) is -3.38. The Morgan fingerprint density at radius 1 is 1.45 bits per heavy atom. The number of hydrogen-bond acceptors (Lipinski definition) is 4. The van der Waals surface area contributed by atoms with Gasteiger partial charge in [-0.2, -0.15) is 8.42 Å². The fraction of sp³-hybridized carbons (Fsp3) is 0. The van der Waals surface area contributed by atoms with Crippen LogP contribution in [0.2, 0.25) is 0 Å². The molecule has 11 heavy (non-hydrogen) atoms. The Hall–Kier alpha value is -0.230. The van der Waals surface area contributed by atoms with Crippen LogP contribution in [0.5, 0.6) is 0 Å². The maximum absolute atomic E-state index is 10.0. The maximum atomic E-state index is 10.0. The van der Waals surface area contributed by atoms with Crippen LogP contribution in [-0.4, -0.2) is 23.8 Å². The average Bonchev–Trinajstić information content (AvgIpc) is 1.88. The van der Waals surface area contributed by atoms with Crippen molar-refractivity contribution in [2.45, 2.75) is 0 Å². The number of hydrogen-bond donors (Lipinski definition) is 0. The Labute approximate surface area is 89.0 Å². The van der Waals surface area contributed by atoms with Crippen molar-refractivity contribution in [3.63, 3.8) is 0 Å². The van der Waals surface area contributed by atoms with Gasteiger partial charge in [-0.25, -0.2) is 0 Å². The van der Waals surface area contributed by atoms with Gasteiger partial charge in [-0.1, -0.05) is 0 Å². The predicted molar refractivity (Wildman–Crippen MR) is 37.2 cm³/mol. The van der Waals surface area contributed by atoms with E-state index < -0.39 is 10.3 Å². The second-order valence-electron chi connectivity index (χ2n) is 1.51. The van der Waals surface area contributed by atoms with Crippen LogP contribution in [0.15, 0.2) is 18.6 Å². The summed E-state index contributed by atoms with van der Waals surface area (Å²) in [4.78, 5) is 7.38. The van der Waals surface area contributed by atoms with Crippen molar-refractivity contribution in [1.29, 1.82) is 0 Å². The third kappa shape index (κ3) is 4.26. The van der Waals surface area contributed by atoms with E-state index in [9.17, 15) is 8.42 Å². The molecule has 0 saturated carbocycles. The van der Waals surface area contributed by atoms with Crippen LogP contribution in [-0.2, 0) is 10.3 Å². The standard InChI is InChI=1S/C5H4N2O2S.Na.H/c8-10(9)4-5-3-6-1-2-7-5;;/h1-4H;;/q;+1;-1. The molecule has 0 aliphatic heterocycles. The molecule has 6 heteroatoms. The monoisotopic (exact) mass is 180 g/mol. The second-order valence-corrected chi connectivity index (χ2v) is 2.27. The van der Waals surface area contributed by atoms with E-state index in [0.29, 0.717) is 5.69 Å². The molecule has 0 radical (unpaired) electrons. The van der Waals surface area contributed by atoms with Gasteiger partial charge in [0.1, 0.15) is 0 Å². The molecule has 4 nitrogen and oxygen atoms in total. The van der Waals surface area contributed by atoms with Crippen LogP contribution in [0.25, 0.3) is 0 Å². The Morgan fingerprint density at radius 2 is 2.18 bits per heavy atom. The van der Waals surface area contributed by atoms with E-state index >= 15 is 0 Å². The summed E-state index contributed by atoms with van der Waals surface area (Å²) in [7, 11) is -2.19. The summed E-state index contributed by atoms with van der Waals surface area (Å²) in [5, 5.41) is 0.993. The van der Waals surface area contributed by atoms with Crippen molar-refractivity contribution in [2.24, 2.45) is 0 Å². The summed E-state index contributed by atoms with van der Waals surface area (Å²) in [5.74, 6) is 0. The summed E-state index contributed by atoms with van der Waals surface area (Å²) in [5.41, 5.74) is 0.343. The minimum Gasteiger partial charge on any atom is -1.00 e. The van der Waals surface area contributed by atoms with Crippen LogP contribution in [0.1, 0.15) is 7.12 Å². The normalized spacial score (nSPS) is 8.00. The number of rotatable bonds is 1. The topological polar surface area (TPSA) is 59.9 Å². The number of nitrogens with zero attached hydrogens (tertiary/aromatic N) is 2. The molecule has 0 N–H and O–H groups in total. The SMILES string of the molecule is O=S(=O)=Cc1cnccn1.[H-].[Na+]. The van der Waals surface area contributed by atoms with Gasteiger partial charge in [0.25, 0.3) is 0 Å². The molecule has 1 aromatic rings. The zero-order valence-corrected chi connectivity index (χ0v) is 8.75. The summed E-state index contributed by atoms with van der Waals surface area (Å²) in [6.07, 6.45) is 4.28. The van der Waals surface area contributed by atoms with Gasteiger partial charge in [-0.05, 0) is 0 Å². The minimum atomic E-state index is -2.19. The van der Waals surface area contributed by atoms with Crippen molar-refractivity contribution in [3.8, 4) is 0 Å². The first-order valence-electron chi connectivity index (χ1n) is 2.48. The first kappa shape index (κ1) is 10.8. The largest absolute Gasteiger partial charge is 1.00 e. The molecule has 1 rings (SSSR count). The molecule has 0 bridgehead atoms. The van der Waals surface area contributed by atoms with Crippen LogP contribution in [0, 0.1) is 0 Å². The van der Waals surface area contributed by atoms with Gasteiger partial charge in [-0.15, -0.1) is 0 Å². The first-order valence-corrected chi connectivity index (χ1v) is 3.62. The number of aromatic nitrogens is 2. The van der Waals surface area contributed by atoms with E-state index in [1.807, 2.05) is 0 Å². The van der Waals surface area contributed by atoms with Gasteiger partial charge in [-0.3, -0.25) is 9.97 Å². The Morgan fingerprint density at radius 3 is 2.64 bits per heavy atom. The molecule has 0 aromatic carbocycles.